The number of sulfonamides is 1. The van der Waals surface area contributed by atoms with Gasteiger partial charge in [-0.1, -0.05) is 67.6 Å². The van der Waals surface area contributed by atoms with E-state index in [-0.39, 0.29) is 42.3 Å². The molecular formula is C32H41N3O6S. The third kappa shape index (κ3) is 9.11. The molecule has 0 spiro atoms. The molecule has 1 aliphatic heterocycles. The number of nitrogens with two attached hydrogens (primary N) is 1. The zero-order valence-corrected chi connectivity index (χ0v) is 24.8. The van der Waals surface area contributed by atoms with Gasteiger partial charge >= 0.3 is 0 Å². The Balaban J connectivity index is 1.48. The van der Waals surface area contributed by atoms with Crippen molar-refractivity contribution in [2.45, 2.75) is 49.3 Å². The lowest BCUT2D eigenvalue weighted by atomic mass is 10.00. The van der Waals surface area contributed by atoms with E-state index in [2.05, 4.69) is 5.32 Å². The molecule has 1 fully saturated rings. The zero-order valence-electron chi connectivity index (χ0n) is 24.0. The Kier molecular flexibility index (Phi) is 11.5. The van der Waals surface area contributed by atoms with Crippen LogP contribution in [0.15, 0.2) is 89.8 Å². The first-order valence-electron chi connectivity index (χ1n) is 14.3. The van der Waals surface area contributed by atoms with Gasteiger partial charge in [-0.15, -0.1) is 0 Å². The van der Waals surface area contributed by atoms with E-state index in [4.69, 9.17) is 15.2 Å². The quantitative estimate of drug-likeness (QED) is 0.246. The predicted octanol–water partition coefficient (Wildman–Crippen LogP) is 2.77. The molecular weight excluding hydrogens is 554 g/mol. The maximum absolute atomic E-state index is 13.6. The summed E-state index contributed by atoms with van der Waals surface area (Å²) in [5.74, 6) is 0.310. The number of ether oxygens (including phenoxy) is 2. The van der Waals surface area contributed by atoms with Gasteiger partial charge in [0.15, 0.2) is 0 Å². The molecule has 1 heterocycles. The van der Waals surface area contributed by atoms with Gasteiger partial charge in [0.25, 0.3) is 0 Å². The fourth-order valence-corrected chi connectivity index (χ4v) is 6.45. The molecule has 0 bridgehead atoms. The molecule has 1 unspecified atom stereocenters. The number of hydrogen-bond donors (Lipinski definition) is 3. The monoisotopic (exact) mass is 595 g/mol. The van der Waals surface area contributed by atoms with E-state index in [0.717, 1.165) is 23.3 Å². The van der Waals surface area contributed by atoms with Gasteiger partial charge in [-0.2, -0.15) is 4.31 Å². The normalized spacial score (nSPS) is 17.5. The van der Waals surface area contributed by atoms with Crippen molar-refractivity contribution in [1.29, 1.82) is 0 Å². The number of benzene rings is 3. The highest BCUT2D eigenvalue weighted by atomic mass is 32.2. The average Bonchev–Trinajstić information content (AvgIpc) is 3.51. The zero-order chi connectivity index (χ0) is 30.0. The highest BCUT2D eigenvalue weighted by Crippen LogP contribution is 2.20. The molecule has 3 aromatic carbocycles. The molecule has 4 N–H and O–H groups in total. The van der Waals surface area contributed by atoms with Crippen molar-refractivity contribution in [2.75, 3.05) is 32.8 Å². The number of carbonyl (C=O) groups excluding carboxylic acids is 1. The molecule has 4 atom stereocenters. The van der Waals surface area contributed by atoms with E-state index in [0.29, 0.717) is 26.2 Å². The molecule has 0 aliphatic carbocycles. The van der Waals surface area contributed by atoms with Crippen molar-refractivity contribution in [3.8, 4) is 5.75 Å². The van der Waals surface area contributed by atoms with Gasteiger partial charge in [-0.05, 0) is 54.3 Å². The van der Waals surface area contributed by atoms with Crippen LogP contribution in [0.25, 0.3) is 0 Å². The topological polar surface area (TPSA) is 131 Å². The van der Waals surface area contributed by atoms with Crippen LogP contribution in [0.4, 0.5) is 0 Å². The summed E-state index contributed by atoms with van der Waals surface area (Å²) in [5.41, 5.74) is 7.53. The smallest absolute Gasteiger partial charge is 0.243 e. The molecule has 9 nitrogen and oxygen atoms in total. The second kappa shape index (κ2) is 15.3. The Morgan fingerprint density at radius 1 is 1.02 bits per heavy atom. The Bertz CT molecular complexity index is 1350. The number of aliphatic hydroxyl groups excluding tert-OH is 1. The number of rotatable bonds is 15. The largest absolute Gasteiger partial charge is 0.488 e. The maximum Gasteiger partial charge on any atom is 0.243 e. The summed E-state index contributed by atoms with van der Waals surface area (Å²) in [4.78, 5) is 13.3. The van der Waals surface area contributed by atoms with Crippen LogP contribution < -0.4 is 15.8 Å². The lowest BCUT2D eigenvalue weighted by Gasteiger charge is -2.31. The fourth-order valence-electron chi connectivity index (χ4n) is 4.85. The Morgan fingerprint density at radius 3 is 2.31 bits per heavy atom. The number of amides is 1. The van der Waals surface area contributed by atoms with Crippen molar-refractivity contribution in [3.05, 3.63) is 96.1 Å². The van der Waals surface area contributed by atoms with Gasteiger partial charge in [0.1, 0.15) is 11.9 Å². The number of nitrogens with one attached hydrogen (secondary N) is 1. The van der Waals surface area contributed by atoms with Crippen LogP contribution >= 0.6 is 0 Å². The maximum atomic E-state index is 13.6. The first-order valence-corrected chi connectivity index (χ1v) is 15.8. The lowest BCUT2D eigenvalue weighted by Crippen LogP contribution is -2.51. The summed E-state index contributed by atoms with van der Waals surface area (Å²) < 4.78 is 39.7. The Labute approximate surface area is 248 Å². The minimum absolute atomic E-state index is 0.0393. The summed E-state index contributed by atoms with van der Waals surface area (Å²) in [7, 11) is -3.91. The van der Waals surface area contributed by atoms with Crippen LogP contribution in [-0.2, 0) is 32.4 Å². The molecule has 1 aliphatic rings. The minimum Gasteiger partial charge on any atom is -0.488 e. The molecule has 1 amide bonds. The number of nitrogens with zero attached hydrogens (tertiary/aromatic N) is 1. The Hall–Kier alpha value is -3.28. The van der Waals surface area contributed by atoms with E-state index >= 15 is 0 Å². The molecule has 4 rings (SSSR count). The summed E-state index contributed by atoms with van der Waals surface area (Å²) in [6.45, 7) is 3.36. The summed E-state index contributed by atoms with van der Waals surface area (Å²) in [6, 6.07) is 24.2. The van der Waals surface area contributed by atoms with Gasteiger partial charge in [-0.3, -0.25) is 4.79 Å². The molecule has 42 heavy (non-hydrogen) atoms. The fraction of sp³-hybridized carbons (Fsp3) is 0.406. The van der Waals surface area contributed by atoms with E-state index in [1.54, 1.807) is 18.2 Å². The van der Waals surface area contributed by atoms with Crippen molar-refractivity contribution >= 4 is 15.9 Å². The van der Waals surface area contributed by atoms with Crippen molar-refractivity contribution in [3.63, 3.8) is 0 Å². The first kappa shape index (κ1) is 31.7. The molecule has 226 valence electrons. The minimum atomic E-state index is -3.91. The molecule has 10 heteroatoms. The van der Waals surface area contributed by atoms with Crippen molar-refractivity contribution in [2.24, 2.45) is 11.7 Å². The SMILES string of the molecule is CC(CN)CN(C[C@@H](O)[C@H](Cc1ccccc1)NC(=O)Cc1ccc(O[C@@H]2CCOC2)cc1)S(=O)(=O)c1ccccc1. The summed E-state index contributed by atoms with van der Waals surface area (Å²) in [6.07, 6.45) is 0.140. The standard InChI is InChI=1S/C32H41N3O6S/c1-24(20-33)21-35(42(38,39)29-10-6-3-7-11-29)22-31(36)30(18-25-8-4-2-5-9-25)34-32(37)19-26-12-14-27(15-13-26)41-28-16-17-40-23-28/h2-15,24,28,30-31,36H,16-23,33H2,1H3,(H,34,37)/t24?,28-,30+,31-/m1/s1. The Morgan fingerprint density at radius 2 is 1.69 bits per heavy atom. The van der Waals surface area contributed by atoms with Crippen molar-refractivity contribution < 1.29 is 27.8 Å². The molecule has 0 saturated carbocycles. The number of aliphatic hydroxyl groups is 1. The summed E-state index contributed by atoms with van der Waals surface area (Å²) in [5, 5.41) is 14.4. The lowest BCUT2D eigenvalue weighted by molar-refractivity contribution is -0.122. The molecule has 1 saturated heterocycles. The molecule has 0 aromatic heterocycles. The first-order chi connectivity index (χ1) is 20.2. The van der Waals surface area contributed by atoms with Crippen LogP contribution in [0.2, 0.25) is 0 Å². The van der Waals surface area contributed by atoms with Gasteiger partial charge < -0.3 is 25.6 Å². The van der Waals surface area contributed by atoms with E-state index in [1.165, 1.54) is 16.4 Å². The highest BCUT2D eigenvalue weighted by Gasteiger charge is 2.31. The van der Waals surface area contributed by atoms with Crippen LogP contribution in [0, 0.1) is 5.92 Å². The third-order valence-corrected chi connectivity index (χ3v) is 9.12. The molecule has 3 aromatic rings. The van der Waals surface area contributed by atoms with Crippen LogP contribution in [0.5, 0.6) is 5.75 Å². The number of hydrogen-bond acceptors (Lipinski definition) is 7. The second-order valence-corrected chi connectivity index (χ2v) is 12.8. The van der Waals surface area contributed by atoms with Crippen LogP contribution in [-0.4, -0.2) is 74.8 Å². The van der Waals surface area contributed by atoms with Gasteiger partial charge in [-0.25, -0.2) is 8.42 Å². The van der Waals surface area contributed by atoms with Crippen LogP contribution in [0.3, 0.4) is 0 Å². The van der Waals surface area contributed by atoms with Crippen molar-refractivity contribution in [1.82, 2.24) is 9.62 Å². The van der Waals surface area contributed by atoms with E-state index in [1.807, 2.05) is 61.5 Å². The average molecular weight is 596 g/mol. The third-order valence-electron chi connectivity index (χ3n) is 7.28. The second-order valence-electron chi connectivity index (χ2n) is 10.8. The highest BCUT2D eigenvalue weighted by molar-refractivity contribution is 7.89. The number of carbonyl (C=O) groups is 1. The molecule has 0 radical (unpaired) electrons. The van der Waals surface area contributed by atoms with E-state index < -0.39 is 22.2 Å². The van der Waals surface area contributed by atoms with Crippen LogP contribution in [0.1, 0.15) is 24.5 Å². The van der Waals surface area contributed by atoms with Gasteiger partial charge in [0, 0.05) is 19.5 Å². The van der Waals surface area contributed by atoms with Gasteiger partial charge in [0.05, 0.1) is 36.7 Å². The van der Waals surface area contributed by atoms with Gasteiger partial charge in [0.2, 0.25) is 15.9 Å². The van der Waals surface area contributed by atoms with E-state index in [9.17, 15) is 18.3 Å². The predicted molar refractivity (Wildman–Crippen MR) is 162 cm³/mol. The summed E-state index contributed by atoms with van der Waals surface area (Å²) >= 11 is 0.